The molecule has 1 aliphatic rings. The summed E-state index contributed by atoms with van der Waals surface area (Å²) in [6, 6.07) is 11.8. The molecule has 3 N–H and O–H groups in total. The minimum Gasteiger partial charge on any atom is -0.485 e. The van der Waals surface area contributed by atoms with Crippen molar-refractivity contribution in [1.82, 2.24) is 4.98 Å². The first-order valence-electron chi connectivity index (χ1n) is 8.44. The molecule has 6 heteroatoms. The van der Waals surface area contributed by atoms with Gasteiger partial charge in [-0.3, -0.25) is 0 Å². The number of aromatic nitrogens is 1. The van der Waals surface area contributed by atoms with Gasteiger partial charge in [0.1, 0.15) is 12.2 Å². The van der Waals surface area contributed by atoms with Crippen LogP contribution < -0.4 is 15.9 Å². The molecule has 1 saturated heterocycles. The van der Waals surface area contributed by atoms with E-state index in [-0.39, 0.29) is 17.4 Å². The number of anilines is 1. The van der Waals surface area contributed by atoms with E-state index in [1.54, 1.807) is 6.20 Å². The molecule has 0 bridgehead atoms. The maximum absolute atomic E-state index is 6.05. The van der Waals surface area contributed by atoms with Crippen LogP contribution in [0.25, 0.3) is 0 Å². The van der Waals surface area contributed by atoms with Crippen LogP contribution in [0.15, 0.2) is 42.6 Å². The summed E-state index contributed by atoms with van der Waals surface area (Å²) in [6.45, 7) is 8.72. The normalized spacial score (nSPS) is 21.0. The fourth-order valence-electron chi connectivity index (χ4n) is 2.59. The van der Waals surface area contributed by atoms with Gasteiger partial charge in [0.25, 0.3) is 0 Å². The maximum Gasteiger partial charge on any atom is 0.304 e. The monoisotopic (exact) mass is 340 g/mol. The van der Waals surface area contributed by atoms with Crippen molar-refractivity contribution >= 4 is 18.6 Å². The number of rotatable bonds is 5. The number of ether oxygens (including phenoxy) is 3. The molecule has 0 aliphatic carbocycles. The molecule has 0 saturated carbocycles. The Hall–Kier alpha value is -2.05. The highest BCUT2D eigenvalue weighted by atomic mass is 16.7. The molecule has 1 fully saturated rings. The van der Waals surface area contributed by atoms with Crippen molar-refractivity contribution in [1.29, 1.82) is 0 Å². The molecule has 0 amide bonds. The first kappa shape index (κ1) is 17.8. The molecule has 1 unspecified atom stereocenters. The van der Waals surface area contributed by atoms with Gasteiger partial charge in [-0.15, -0.1) is 0 Å². The van der Waals surface area contributed by atoms with E-state index in [4.69, 9.17) is 19.9 Å². The molecule has 1 atom stereocenters. The van der Waals surface area contributed by atoms with Crippen molar-refractivity contribution in [2.24, 2.45) is 0 Å². The van der Waals surface area contributed by atoms with E-state index < -0.39 is 0 Å². The molecule has 3 rings (SSSR count). The van der Waals surface area contributed by atoms with Gasteiger partial charge in [0.15, 0.2) is 17.2 Å². The predicted molar refractivity (Wildman–Crippen MR) is 100 cm³/mol. The van der Waals surface area contributed by atoms with Crippen LogP contribution in [0.2, 0.25) is 0 Å². The van der Waals surface area contributed by atoms with Crippen LogP contribution in [0.4, 0.5) is 5.82 Å². The Morgan fingerprint density at radius 2 is 1.96 bits per heavy atom. The number of pyridine rings is 1. The molecule has 2 aromatic rings. The summed E-state index contributed by atoms with van der Waals surface area (Å²) in [5.41, 5.74) is 7.33. The fraction of sp³-hybridized carbons (Fsp3) is 0.421. The molecule has 131 valence electrons. The molecule has 1 radical (unpaired) electrons. The topological polar surface area (TPSA) is 70.2 Å². The van der Waals surface area contributed by atoms with E-state index in [0.717, 1.165) is 11.0 Å². The highest BCUT2D eigenvalue weighted by Crippen LogP contribution is 2.35. The lowest BCUT2D eigenvalue weighted by molar-refractivity contribution is -0.165. The molecular weight excluding hydrogens is 315 g/mol. The molecular formula is C19H25BN2O3+. The lowest BCUT2D eigenvalue weighted by atomic mass is 9.70. The van der Waals surface area contributed by atoms with Crippen molar-refractivity contribution < 1.29 is 14.2 Å². The highest BCUT2D eigenvalue weighted by molar-refractivity contribution is 6.54. The van der Waals surface area contributed by atoms with Gasteiger partial charge in [0.05, 0.1) is 0 Å². The second kappa shape index (κ2) is 6.69. The summed E-state index contributed by atoms with van der Waals surface area (Å²) in [5.74, 6) is 0.937. The van der Waals surface area contributed by atoms with E-state index in [0.29, 0.717) is 18.2 Å². The first-order valence-corrected chi connectivity index (χ1v) is 8.44. The highest BCUT2D eigenvalue weighted by Gasteiger charge is 2.54. The van der Waals surface area contributed by atoms with Gasteiger partial charge >= 0.3 is 7.28 Å². The average molecular weight is 340 g/mol. The second-order valence-electron chi connectivity index (χ2n) is 7.30. The van der Waals surface area contributed by atoms with Crippen LogP contribution in [-0.4, -0.2) is 34.4 Å². The Labute approximate surface area is 149 Å². The molecule has 0 spiro atoms. The van der Waals surface area contributed by atoms with Crippen molar-refractivity contribution in [3.8, 4) is 5.75 Å². The molecule has 25 heavy (non-hydrogen) atoms. The summed E-state index contributed by atoms with van der Waals surface area (Å²) in [6.07, 6.45) is 1.40. The van der Waals surface area contributed by atoms with Crippen LogP contribution in [0.3, 0.4) is 0 Å². The third-order valence-corrected chi connectivity index (χ3v) is 4.81. The van der Waals surface area contributed by atoms with E-state index in [9.17, 15) is 0 Å². The van der Waals surface area contributed by atoms with Crippen molar-refractivity contribution in [2.75, 3.05) is 5.73 Å². The van der Waals surface area contributed by atoms with Gasteiger partial charge < -0.3 is 19.9 Å². The van der Waals surface area contributed by atoms with Gasteiger partial charge in [-0.1, -0.05) is 35.8 Å². The van der Waals surface area contributed by atoms with Gasteiger partial charge in [-0.05, 0) is 25.5 Å². The summed E-state index contributed by atoms with van der Waals surface area (Å²) in [4.78, 5) is 4.23. The Morgan fingerprint density at radius 3 is 2.60 bits per heavy atom. The maximum atomic E-state index is 6.05. The number of nitrogen functional groups attached to an aromatic ring is 1. The minimum atomic E-state index is -0.317. The van der Waals surface area contributed by atoms with Gasteiger partial charge in [-0.2, -0.15) is 0 Å². The van der Waals surface area contributed by atoms with E-state index in [2.05, 4.69) is 32.7 Å². The predicted octanol–water partition coefficient (Wildman–Crippen LogP) is 1.97. The summed E-state index contributed by atoms with van der Waals surface area (Å²) >= 11 is 0. The summed E-state index contributed by atoms with van der Waals surface area (Å²) < 4.78 is 16.6. The Balaban J connectivity index is 1.68. The quantitative estimate of drug-likeness (QED) is 0.667. The summed E-state index contributed by atoms with van der Waals surface area (Å²) in [7, 11) is 1.94. The number of aliphatic hydroxyl groups is 2. The number of hydrogen-bond donors (Lipinski definition) is 1. The largest absolute Gasteiger partial charge is 0.485 e. The zero-order chi connectivity index (χ0) is 18.1. The third-order valence-electron chi connectivity index (χ3n) is 4.81. The molecule has 5 nitrogen and oxygen atoms in total. The minimum absolute atomic E-state index is 0.248. The van der Waals surface area contributed by atoms with Crippen LogP contribution in [0, 0.1) is 0 Å². The fourth-order valence-corrected chi connectivity index (χ4v) is 2.59. The number of hydrogen-bond acceptors (Lipinski definition) is 4. The van der Waals surface area contributed by atoms with Gasteiger partial charge in [0, 0.05) is 20.0 Å². The van der Waals surface area contributed by atoms with Crippen LogP contribution >= 0.6 is 0 Å². The molecule has 1 aliphatic heterocycles. The second-order valence-corrected chi connectivity index (χ2v) is 7.30. The third kappa shape index (κ3) is 3.97. The van der Waals surface area contributed by atoms with Crippen LogP contribution in [0.5, 0.6) is 5.75 Å². The lowest BCUT2D eigenvalue weighted by Crippen LogP contribution is -2.43. The molecule has 2 heterocycles. The van der Waals surface area contributed by atoms with Crippen molar-refractivity contribution in [2.45, 2.75) is 51.7 Å². The number of nitrogens with zero attached hydrogens (tertiary/aromatic N) is 1. The molecule has 1 aromatic carbocycles. The summed E-state index contributed by atoms with van der Waals surface area (Å²) in [5, 5.41) is 0. The van der Waals surface area contributed by atoms with Crippen LogP contribution in [0.1, 0.15) is 33.3 Å². The number of benzene rings is 1. The van der Waals surface area contributed by atoms with Crippen molar-refractivity contribution in [3.63, 3.8) is 0 Å². The zero-order valence-electron chi connectivity index (χ0n) is 15.2. The van der Waals surface area contributed by atoms with E-state index >= 15 is 0 Å². The van der Waals surface area contributed by atoms with E-state index in [1.807, 2.05) is 43.7 Å². The average Bonchev–Trinajstić information content (AvgIpc) is 2.75. The Kier molecular flexibility index (Phi) is 4.76. The number of nitrogens with two attached hydrogens (primary N) is 1. The SMILES string of the molecule is CC1(C)OC([B]c2cnc(N)c(OCc3ccccc3)c2)[OH+]C1(C)C. The van der Waals surface area contributed by atoms with E-state index in [1.165, 1.54) is 0 Å². The zero-order valence-corrected chi connectivity index (χ0v) is 15.2. The Bertz CT molecular complexity index is 719. The lowest BCUT2D eigenvalue weighted by Gasteiger charge is -2.25. The smallest absolute Gasteiger partial charge is 0.304 e. The molecule has 1 aromatic heterocycles. The first-order chi connectivity index (χ1) is 11.8. The van der Waals surface area contributed by atoms with Gasteiger partial charge in [0.2, 0.25) is 6.19 Å². The standard InChI is InChI=1S/C19H24BN2O3/c1-18(2)19(3,4)25-17(24-18)20-14-10-15(16(21)22-11-14)23-12-13-8-6-5-7-9-13/h5-11,17H,12H2,1-4H3,(H2,21,22)/p+1. The van der Waals surface area contributed by atoms with Crippen molar-refractivity contribution in [3.05, 3.63) is 48.2 Å². The van der Waals surface area contributed by atoms with Crippen LogP contribution in [-0.2, 0) is 11.3 Å². The Morgan fingerprint density at radius 1 is 1.24 bits per heavy atom. The van der Waals surface area contributed by atoms with Gasteiger partial charge in [-0.25, -0.2) is 4.98 Å².